The number of aliphatic hydroxyl groups is 1. The van der Waals surface area contributed by atoms with Crippen LogP contribution in [0, 0.1) is 17.5 Å². The van der Waals surface area contributed by atoms with Crippen molar-refractivity contribution in [1.29, 1.82) is 0 Å². The van der Waals surface area contributed by atoms with Gasteiger partial charge in [0.25, 0.3) is 5.91 Å². The molecule has 8 heteroatoms. The van der Waals surface area contributed by atoms with Gasteiger partial charge in [0.1, 0.15) is 11.6 Å². The molecule has 2 N–H and O–H groups in total. The highest BCUT2D eigenvalue weighted by Gasteiger charge is 2.53. The lowest BCUT2D eigenvalue weighted by Gasteiger charge is -2.43. The molecule has 0 aromatic heterocycles. The van der Waals surface area contributed by atoms with E-state index in [-0.39, 0.29) is 24.6 Å². The van der Waals surface area contributed by atoms with Crippen LogP contribution in [-0.2, 0) is 16.8 Å². The fourth-order valence-corrected chi connectivity index (χ4v) is 5.52. The van der Waals surface area contributed by atoms with Gasteiger partial charge in [-0.15, -0.1) is 0 Å². The van der Waals surface area contributed by atoms with Crippen molar-refractivity contribution in [1.82, 2.24) is 10.2 Å². The van der Waals surface area contributed by atoms with Crippen LogP contribution in [0.25, 0.3) is 0 Å². The molecule has 5 nitrogen and oxygen atoms in total. The number of nitrogens with zero attached hydrogens (tertiary/aromatic N) is 1. The van der Waals surface area contributed by atoms with Gasteiger partial charge in [-0.3, -0.25) is 9.69 Å². The summed E-state index contributed by atoms with van der Waals surface area (Å²) < 4.78 is 47.5. The minimum atomic E-state index is -1.16. The molecular formula is C28H27F3N2O3. The average molecular weight is 497 g/mol. The molecule has 1 fully saturated rings. The first-order valence-electron chi connectivity index (χ1n) is 12.0. The lowest BCUT2D eigenvalue weighted by Crippen LogP contribution is -2.50. The van der Waals surface area contributed by atoms with E-state index in [1.54, 1.807) is 12.1 Å². The van der Waals surface area contributed by atoms with Crippen molar-refractivity contribution in [2.24, 2.45) is 0 Å². The Morgan fingerprint density at radius 1 is 0.972 bits per heavy atom. The zero-order chi connectivity index (χ0) is 25.3. The number of hydrogen-bond acceptors (Lipinski definition) is 4. The number of benzene rings is 3. The fourth-order valence-electron chi connectivity index (χ4n) is 5.52. The number of likely N-dealkylation sites (tertiary alicyclic amines) is 1. The van der Waals surface area contributed by atoms with Gasteiger partial charge < -0.3 is 15.2 Å². The van der Waals surface area contributed by atoms with Crippen LogP contribution < -0.4 is 10.1 Å². The molecule has 0 unspecified atom stereocenters. The fraction of sp³-hybridized carbons (Fsp3) is 0.321. The van der Waals surface area contributed by atoms with Gasteiger partial charge in [-0.2, -0.15) is 0 Å². The predicted octanol–water partition coefficient (Wildman–Crippen LogP) is 4.25. The third-order valence-corrected chi connectivity index (χ3v) is 7.41. The van der Waals surface area contributed by atoms with E-state index in [4.69, 9.17) is 4.74 Å². The lowest BCUT2D eigenvalue weighted by atomic mass is 9.72. The van der Waals surface area contributed by atoms with Gasteiger partial charge in [0.2, 0.25) is 0 Å². The van der Waals surface area contributed by atoms with Crippen molar-refractivity contribution in [2.45, 2.75) is 36.9 Å². The van der Waals surface area contributed by atoms with Crippen LogP contribution in [0.2, 0.25) is 0 Å². The quantitative estimate of drug-likeness (QED) is 0.501. The number of piperidine rings is 1. The van der Waals surface area contributed by atoms with Crippen molar-refractivity contribution >= 4 is 5.91 Å². The zero-order valence-corrected chi connectivity index (χ0v) is 19.6. The maximum Gasteiger partial charge on any atom is 0.258 e. The minimum absolute atomic E-state index is 0.0553. The number of halogens is 3. The molecule has 188 valence electrons. The van der Waals surface area contributed by atoms with E-state index in [2.05, 4.69) is 5.32 Å². The van der Waals surface area contributed by atoms with Gasteiger partial charge in [-0.25, -0.2) is 13.2 Å². The Labute approximate surface area is 207 Å². The van der Waals surface area contributed by atoms with E-state index < -0.39 is 35.0 Å². The second-order valence-electron chi connectivity index (χ2n) is 9.43. The van der Waals surface area contributed by atoms with Crippen LogP contribution in [0.4, 0.5) is 13.2 Å². The number of para-hydroxylation sites is 1. The van der Waals surface area contributed by atoms with Crippen molar-refractivity contribution in [3.63, 3.8) is 0 Å². The highest BCUT2D eigenvalue weighted by Crippen LogP contribution is 2.51. The Kier molecular flexibility index (Phi) is 6.73. The summed E-state index contributed by atoms with van der Waals surface area (Å²) >= 11 is 0. The molecule has 2 atom stereocenters. The number of rotatable bonds is 6. The highest BCUT2D eigenvalue weighted by molar-refractivity contribution is 5.78. The van der Waals surface area contributed by atoms with Gasteiger partial charge in [-0.1, -0.05) is 42.5 Å². The molecule has 1 spiro atoms. The van der Waals surface area contributed by atoms with Crippen LogP contribution in [0.15, 0.2) is 66.7 Å². The maximum atomic E-state index is 14.2. The molecule has 5 rings (SSSR count). The first kappa shape index (κ1) is 24.3. The van der Waals surface area contributed by atoms with Gasteiger partial charge >= 0.3 is 0 Å². The molecular weight excluding hydrogens is 469 g/mol. The van der Waals surface area contributed by atoms with Gasteiger partial charge in [-0.05, 0) is 61.3 Å². The van der Waals surface area contributed by atoms with E-state index >= 15 is 0 Å². The molecule has 1 amide bonds. The third kappa shape index (κ3) is 4.47. The van der Waals surface area contributed by atoms with Gasteiger partial charge in [0.15, 0.2) is 18.2 Å². The second kappa shape index (κ2) is 9.95. The Morgan fingerprint density at radius 2 is 1.64 bits per heavy atom. The summed E-state index contributed by atoms with van der Waals surface area (Å²) in [7, 11) is 0. The van der Waals surface area contributed by atoms with E-state index in [0.717, 1.165) is 23.3 Å². The number of amides is 1. The Bertz CT molecular complexity index is 1250. The maximum absolute atomic E-state index is 14.2. The van der Waals surface area contributed by atoms with Crippen molar-refractivity contribution in [3.05, 3.63) is 101 Å². The standard InChI is InChI=1S/C28H27F3N2O3/c29-22-10-11-23(30)25(31)20(22)16-33-14-12-28(13-15-33)21-9-5-4-8-19(21)26(27(28)35)32-24(34)17-36-18-6-2-1-3-7-18/h1-11,26-27,35H,12-17H2,(H,32,34)/t26-,27+/m0/s1. The zero-order valence-electron chi connectivity index (χ0n) is 19.6. The number of ether oxygens (including phenoxy) is 1. The summed E-state index contributed by atoms with van der Waals surface area (Å²) in [4.78, 5) is 14.6. The molecule has 1 saturated heterocycles. The molecule has 3 aromatic rings. The molecule has 2 aliphatic rings. The summed E-state index contributed by atoms with van der Waals surface area (Å²) in [5, 5.41) is 14.4. The molecule has 3 aromatic carbocycles. The van der Waals surface area contributed by atoms with Gasteiger partial charge in [0, 0.05) is 17.5 Å². The number of carbonyl (C=O) groups is 1. The summed E-state index contributed by atoms with van der Waals surface area (Å²) in [5.74, 6) is -2.78. The van der Waals surface area contributed by atoms with E-state index in [1.807, 2.05) is 47.4 Å². The van der Waals surface area contributed by atoms with Crippen molar-refractivity contribution in [2.75, 3.05) is 19.7 Å². The first-order chi connectivity index (χ1) is 17.4. The van der Waals surface area contributed by atoms with Crippen LogP contribution in [0.1, 0.15) is 35.6 Å². The Balaban J connectivity index is 1.29. The summed E-state index contributed by atoms with van der Waals surface area (Å²) in [6.45, 7) is 0.679. The topological polar surface area (TPSA) is 61.8 Å². The molecule has 0 bridgehead atoms. The van der Waals surface area contributed by atoms with E-state index in [1.165, 1.54) is 0 Å². The number of nitrogens with one attached hydrogen (secondary N) is 1. The monoisotopic (exact) mass is 496 g/mol. The molecule has 1 heterocycles. The summed E-state index contributed by atoms with van der Waals surface area (Å²) in [5.41, 5.74) is 0.926. The smallest absolute Gasteiger partial charge is 0.258 e. The summed E-state index contributed by atoms with van der Waals surface area (Å²) in [6, 6.07) is 17.8. The summed E-state index contributed by atoms with van der Waals surface area (Å²) in [6.07, 6.45) is 0.174. The third-order valence-electron chi connectivity index (χ3n) is 7.41. The van der Waals surface area contributed by atoms with Crippen molar-refractivity contribution < 1.29 is 27.8 Å². The number of carbonyl (C=O) groups excluding carboxylic acids is 1. The largest absolute Gasteiger partial charge is 0.484 e. The Morgan fingerprint density at radius 3 is 2.39 bits per heavy atom. The molecule has 0 saturated carbocycles. The minimum Gasteiger partial charge on any atom is -0.484 e. The predicted molar refractivity (Wildman–Crippen MR) is 128 cm³/mol. The highest BCUT2D eigenvalue weighted by atomic mass is 19.2. The Hall–Kier alpha value is -3.36. The van der Waals surface area contributed by atoms with E-state index in [0.29, 0.717) is 31.7 Å². The number of hydrogen-bond donors (Lipinski definition) is 2. The van der Waals surface area contributed by atoms with Crippen LogP contribution >= 0.6 is 0 Å². The molecule has 1 aliphatic carbocycles. The number of fused-ring (bicyclic) bond motifs is 2. The van der Waals surface area contributed by atoms with E-state index in [9.17, 15) is 23.1 Å². The lowest BCUT2D eigenvalue weighted by molar-refractivity contribution is -0.125. The molecule has 36 heavy (non-hydrogen) atoms. The van der Waals surface area contributed by atoms with Gasteiger partial charge in [0.05, 0.1) is 12.1 Å². The normalized spacial score (nSPS) is 20.8. The molecule has 1 aliphatic heterocycles. The molecule has 0 radical (unpaired) electrons. The van der Waals surface area contributed by atoms with Crippen molar-refractivity contribution in [3.8, 4) is 5.75 Å². The first-order valence-corrected chi connectivity index (χ1v) is 12.0. The van der Waals surface area contributed by atoms with Crippen LogP contribution in [0.5, 0.6) is 5.75 Å². The SMILES string of the molecule is O=C(COc1ccccc1)N[C@H]1c2ccccc2C2(CCN(Cc3c(F)ccc(F)c3F)CC2)[C@@H]1O. The number of aliphatic hydroxyl groups excluding tert-OH is 1. The van der Waals surface area contributed by atoms with Crippen LogP contribution in [0.3, 0.4) is 0 Å². The second-order valence-corrected chi connectivity index (χ2v) is 9.43. The van der Waals surface area contributed by atoms with Crippen LogP contribution in [-0.4, -0.2) is 41.7 Å². The average Bonchev–Trinajstić information content (AvgIpc) is 3.12.